The van der Waals surface area contributed by atoms with Crippen LogP contribution in [0.1, 0.15) is 92.7 Å². The molecule has 3 aromatic carbocycles. The number of hydrogen-bond donors (Lipinski definition) is 1. The van der Waals surface area contributed by atoms with Crippen molar-refractivity contribution in [1.29, 1.82) is 0 Å². The quantitative estimate of drug-likeness (QED) is 0.0878. The molecule has 0 amide bonds. The number of ether oxygens (including phenoxy) is 4. The molecule has 0 saturated heterocycles. The highest BCUT2D eigenvalue weighted by Gasteiger charge is 2.36. The summed E-state index contributed by atoms with van der Waals surface area (Å²) < 4.78 is 102. The summed E-state index contributed by atoms with van der Waals surface area (Å²) >= 11 is 3.16. The summed E-state index contributed by atoms with van der Waals surface area (Å²) in [5.41, 5.74) is 1.35. The van der Waals surface area contributed by atoms with E-state index in [1.807, 2.05) is 18.2 Å². The Morgan fingerprint density at radius 3 is 1.87 bits per heavy atom. The number of aromatic amines is 1. The van der Waals surface area contributed by atoms with Gasteiger partial charge in [-0.15, -0.1) is 0 Å². The first kappa shape index (κ1) is 39.3. The van der Waals surface area contributed by atoms with Crippen LogP contribution in [0.15, 0.2) is 60.7 Å². The molecular formula is C39H42BrF6NO5. The highest BCUT2D eigenvalue weighted by molar-refractivity contribution is 9.08. The van der Waals surface area contributed by atoms with Crippen LogP contribution >= 0.6 is 15.9 Å². The smallest absolute Gasteiger partial charge is 0.419 e. The number of halogens is 7. The van der Waals surface area contributed by atoms with Crippen LogP contribution in [0.3, 0.4) is 0 Å². The van der Waals surface area contributed by atoms with Gasteiger partial charge in [0, 0.05) is 21.9 Å². The van der Waals surface area contributed by atoms with Crippen molar-refractivity contribution in [3.8, 4) is 17.2 Å². The number of benzene rings is 3. The Morgan fingerprint density at radius 2 is 1.33 bits per heavy atom. The predicted octanol–water partition coefficient (Wildman–Crippen LogP) is 11.5. The van der Waals surface area contributed by atoms with Crippen molar-refractivity contribution in [2.45, 2.75) is 108 Å². The number of carbonyl (C=O) groups is 1. The molecule has 2 saturated carbocycles. The third-order valence-electron chi connectivity index (χ3n) is 9.00. The van der Waals surface area contributed by atoms with Gasteiger partial charge in [-0.2, -0.15) is 26.3 Å². The molecule has 0 unspecified atom stereocenters. The Balaban J connectivity index is 0.000000244. The summed E-state index contributed by atoms with van der Waals surface area (Å²) in [6, 6.07) is 15.7. The minimum absolute atomic E-state index is 0.00155. The van der Waals surface area contributed by atoms with Crippen LogP contribution in [0.25, 0.3) is 10.9 Å². The maximum absolute atomic E-state index is 13.6. The van der Waals surface area contributed by atoms with E-state index in [1.54, 1.807) is 25.1 Å². The molecule has 2 aliphatic carbocycles. The van der Waals surface area contributed by atoms with E-state index < -0.39 is 23.5 Å². The highest BCUT2D eigenvalue weighted by Crippen LogP contribution is 2.40. The van der Waals surface area contributed by atoms with Crippen molar-refractivity contribution in [1.82, 2.24) is 4.98 Å². The van der Waals surface area contributed by atoms with Gasteiger partial charge in [-0.25, -0.2) is 0 Å². The fraction of sp³-hybridized carbons (Fsp3) is 0.462. The molecule has 1 N–H and O–H groups in total. The Morgan fingerprint density at radius 1 is 0.769 bits per heavy atom. The molecule has 0 spiro atoms. The van der Waals surface area contributed by atoms with Crippen molar-refractivity contribution in [3.05, 3.63) is 88.6 Å². The summed E-state index contributed by atoms with van der Waals surface area (Å²) in [5, 5.41) is 1.30. The summed E-state index contributed by atoms with van der Waals surface area (Å²) in [7, 11) is 0. The third-order valence-corrected chi connectivity index (χ3v) is 9.65. The predicted molar refractivity (Wildman–Crippen MR) is 189 cm³/mol. The summed E-state index contributed by atoms with van der Waals surface area (Å²) in [4.78, 5) is 14.8. The minimum atomic E-state index is -4.51. The normalized spacial score (nSPS) is 15.4. The van der Waals surface area contributed by atoms with E-state index in [9.17, 15) is 31.1 Å². The lowest BCUT2D eigenvalue weighted by Crippen LogP contribution is -2.16. The van der Waals surface area contributed by atoms with Gasteiger partial charge in [0.2, 0.25) is 0 Å². The maximum Gasteiger partial charge on any atom is 0.419 e. The first-order valence-electron chi connectivity index (χ1n) is 17.5. The molecular weight excluding hydrogens is 756 g/mol. The summed E-state index contributed by atoms with van der Waals surface area (Å²) in [5.74, 6) is 0.137. The second-order valence-corrected chi connectivity index (χ2v) is 13.5. The van der Waals surface area contributed by atoms with Gasteiger partial charge in [0.1, 0.15) is 23.9 Å². The van der Waals surface area contributed by atoms with E-state index in [2.05, 4.69) is 20.9 Å². The van der Waals surface area contributed by atoms with Crippen LogP contribution in [0.4, 0.5) is 26.3 Å². The van der Waals surface area contributed by atoms with Crippen LogP contribution in [0, 0.1) is 0 Å². The van der Waals surface area contributed by atoms with Crippen LogP contribution in [0.2, 0.25) is 0 Å². The molecule has 0 bridgehead atoms. The number of rotatable bonds is 12. The molecule has 13 heteroatoms. The van der Waals surface area contributed by atoms with Crippen LogP contribution in [-0.2, 0) is 40.2 Å². The van der Waals surface area contributed by atoms with Gasteiger partial charge in [0.25, 0.3) is 0 Å². The number of nitrogens with one attached hydrogen (secondary N) is 1. The molecule has 6 nitrogen and oxygen atoms in total. The van der Waals surface area contributed by atoms with Gasteiger partial charge >= 0.3 is 18.3 Å². The molecule has 0 radical (unpaired) electrons. The van der Waals surface area contributed by atoms with Crippen LogP contribution in [-0.4, -0.2) is 29.8 Å². The first-order chi connectivity index (χ1) is 24.8. The summed E-state index contributed by atoms with van der Waals surface area (Å²) in [6.07, 6.45) is -0.994. The second kappa shape index (κ2) is 17.8. The topological polar surface area (TPSA) is 69.8 Å². The van der Waals surface area contributed by atoms with E-state index in [1.165, 1.54) is 12.1 Å². The lowest BCUT2D eigenvalue weighted by atomic mass is 10.1. The van der Waals surface area contributed by atoms with Crippen molar-refractivity contribution in [2.24, 2.45) is 0 Å². The zero-order chi connectivity index (χ0) is 37.3. The lowest BCUT2D eigenvalue weighted by molar-refractivity contribution is -0.143. The van der Waals surface area contributed by atoms with Gasteiger partial charge in [0.05, 0.1) is 36.4 Å². The Labute approximate surface area is 307 Å². The molecule has 1 heterocycles. The average Bonchev–Trinajstić information content (AvgIpc) is 3.89. The number of fused-ring (bicyclic) bond motifs is 1. The minimum Gasteiger partial charge on any atom is -0.490 e. The van der Waals surface area contributed by atoms with E-state index in [0.29, 0.717) is 35.2 Å². The second-order valence-electron chi connectivity index (χ2n) is 13.0. The SMILES string of the molecule is CCOC(=O)CCc1cc2cc(OCc3ccc(OC4CCCC4)c(C(F)(F)F)c3)ccc2[nH]1.FC(F)(F)c1cc(CBr)ccc1OC1CCCC1. The third kappa shape index (κ3) is 11.1. The van der Waals surface area contributed by atoms with Gasteiger partial charge < -0.3 is 23.9 Å². The molecule has 2 aliphatic rings. The molecule has 282 valence electrons. The Hall–Kier alpha value is -3.87. The van der Waals surface area contributed by atoms with Crippen LogP contribution < -0.4 is 14.2 Å². The van der Waals surface area contributed by atoms with E-state index in [0.717, 1.165) is 80.1 Å². The van der Waals surface area contributed by atoms with Crippen LogP contribution in [0.5, 0.6) is 17.2 Å². The molecule has 1 aromatic heterocycles. The number of carbonyl (C=O) groups excluding carboxylic acids is 1. The molecule has 0 atom stereocenters. The number of esters is 1. The number of aromatic nitrogens is 1. The molecule has 52 heavy (non-hydrogen) atoms. The van der Waals surface area contributed by atoms with Crippen molar-refractivity contribution in [3.63, 3.8) is 0 Å². The standard InChI is InChI=1S/C26H28F3NO4.C13H14BrF3O/c1-2-32-25(31)12-8-19-14-18-15-21(9-10-23(18)30-19)33-16-17-7-11-24(22(13-17)26(27,28)29)34-20-5-3-4-6-20;14-8-9-5-6-12(11(7-9)13(15,16)17)18-10-3-1-2-4-10/h7,9-11,13-15,20,30H,2-6,8,12,16H2,1H3;5-7,10H,1-4,8H2. The van der Waals surface area contributed by atoms with E-state index in [-0.39, 0.29) is 42.7 Å². The number of alkyl halides is 7. The van der Waals surface area contributed by atoms with Crippen molar-refractivity contribution >= 4 is 32.8 Å². The Bertz CT molecular complexity index is 1780. The average molecular weight is 799 g/mol. The fourth-order valence-electron chi connectivity index (χ4n) is 6.38. The number of hydrogen-bond acceptors (Lipinski definition) is 5. The zero-order valence-corrected chi connectivity index (χ0v) is 30.4. The van der Waals surface area contributed by atoms with Gasteiger partial charge in [-0.1, -0.05) is 28.1 Å². The first-order valence-corrected chi connectivity index (χ1v) is 18.6. The highest BCUT2D eigenvalue weighted by atomic mass is 79.9. The van der Waals surface area contributed by atoms with Gasteiger partial charge in [-0.3, -0.25) is 4.79 Å². The number of aryl methyl sites for hydroxylation is 1. The molecule has 4 aromatic rings. The monoisotopic (exact) mass is 797 g/mol. The largest absolute Gasteiger partial charge is 0.490 e. The zero-order valence-electron chi connectivity index (χ0n) is 28.8. The van der Waals surface area contributed by atoms with E-state index in [4.69, 9.17) is 18.9 Å². The maximum atomic E-state index is 13.6. The van der Waals surface area contributed by atoms with E-state index >= 15 is 0 Å². The number of H-pyrrole nitrogens is 1. The van der Waals surface area contributed by atoms with Gasteiger partial charge in [0.15, 0.2) is 0 Å². The van der Waals surface area contributed by atoms with Gasteiger partial charge in [-0.05, 0) is 124 Å². The molecule has 0 aliphatic heterocycles. The molecule has 2 fully saturated rings. The lowest BCUT2D eigenvalue weighted by Gasteiger charge is -2.19. The molecule has 6 rings (SSSR count). The summed E-state index contributed by atoms with van der Waals surface area (Å²) in [6.45, 7) is 2.12. The van der Waals surface area contributed by atoms with Crippen molar-refractivity contribution < 1.29 is 50.1 Å². The fourth-order valence-corrected chi connectivity index (χ4v) is 6.73. The van der Waals surface area contributed by atoms with Crippen molar-refractivity contribution in [2.75, 3.05) is 6.61 Å². The Kier molecular flexibility index (Phi) is 13.4.